The molecule has 1 saturated carbocycles. The Morgan fingerprint density at radius 3 is 2.58 bits per heavy atom. The Morgan fingerprint density at radius 2 is 2.17 bits per heavy atom. The second-order valence-electron chi connectivity index (χ2n) is 2.91. The first kappa shape index (κ1) is 7.60. The smallest absolute Gasteiger partial charge is 0.315 e. The highest BCUT2D eigenvalue weighted by Crippen LogP contribution is 2.41. The van der Waals surface area contributed by atoms with Gasteiger partial charge in [-0.25, -0.2) is 0 Å². The van der Waals surface area contributed by atoms with E-state index in [1.807, 2.05) is 0 Å². The standard InChI is InChI=1S/C6H7F2N3O/c7-3(8)4-10-5(11-12-4)6(9)1-2-6/h3H,1-2,9H2. The lowest BCUT2D eigenvalue weighted by Crippen LogP contribution is -2.20. The third-order valence-electron chi connectivity index (χ3n) is 1.86. The average Bonchev–Trinajstić information content (AvgIpc) is 2.61. The molecule has 0 amide bonds. The van der Waals surface area contributed by atoms with Crippen molar-refractivity contribution < 1.29 is 13.3 Å². The summed E-state index contributed by atoms with van der Waals surface area (Å²) in [5.74, 6) is -0.459. The Labute approximate surface area is 66.7 Å². The van der Waals surface area contributed by atoms with Crippen molar-refractivity contribution in [2.24, 2.45) is 5.73 Å². The molecule has 1 heterocycles. The molecule has 1 aromatic rings. The maximum absolute atomic E-state index is 12.0. The maximum Gasteiger partial charge on any atom is 0.315 e. The second kappa shape index (κ2) is 2.22. The predicted octanol–water partition coefficient (Wildman–Crippen LogP) is 0.955. The zero-order valence-corrected chi connectivity index (χ0v) is 6.13. The second-order valence-corrected chi connectivity index (χ2v) is 2.91. The summed E-state index contributed by atoms with van der Waals surface area (Å²) in [6.45, 7) is 0. The number of nitrogens with two attached hydrogens (primary N) is 1. The SMILES string of the molecule is NC1(c2noc(C(F)F)n2)CC1. The molecule has 4 nitrogen and oxygen atoms in total. The van der Waals surface area contributed by atoms with Crippen LogP contribution >= 0.6 is 0 Å². The molecule has 0 radical (unpaired) electrons. The molecule has 0 aromatic carbocycles. The fraction of sp³-hybridized carbons (Fsp3) is 0.667. The molecule has 0 bridgehead atoms. The van der Waals surface area contributed by atoms with E-state index in [-0.39, 0.29) is 5.82 Å². The quantitative estimate of drug-likeness (QED) is 0.726. The van der Waals surface area contributed by atoms with Gasteiger partial charge in [0, 0.05) is 0 Å². The van der Waals surface area contributed by atoms with E-state index in [2.05, 4.69) is 14.7 Å². The first-order valence-electron chi connectivity index (χ1n) is 3.53. The molecule has 0 atom stereocenters. The van der Waals surface area contributed by atoms with E-state index in [0.717, 1.165) is 12.8 Å². The van der Waals surface area contributed by atoms with Gasteiger partial charge < -0.3 is 10.3 Å². The average molecular weight is 175 g/mol. The van der Waals surface area contributed by atoms with Crippen LogP contribution in [0.25, 0.3) is 0 Å². The summed E-state index contributed by atoms with van der Waals surface area (Å²) in [4.78, 5) is 3.49. The minimum atomic E-state index is -2.71. The van der Waals surface area contributed by atoms with Crippen LogP contribution < -0.4 is 5.73 Å². The van der Waals surface area contributed by atoms with E-state index in [1.54, 1.807) is 0 Å². The van der Waals surface area contributed by atoms with Crippen LogP contribution in [0.1, 0.15) is 31.0 Å². The van der Waals surface area contributed by atoms with Crippen molar-refractivity contribution in [1.82, 2.24) is 10.1 Å². The highest BCUT2D eigenvalue weighted by Gasteiger charge is 2.45. The highest BCUT2D eigenvalue weighted by molar-refractivity contribution is 5.13. The zero-order chi connectivity index (χ0) is 8.77. The first-order valence-corrected chi connectivity index (χ1v) is 3.53. The third kappa shape index (κ3) is 1.08. The molecule has 2 rings (SSSR count). The van der Waals surface area contributed by atoms with Crippen molar-refractivity contribution in [2.75, 3.05) is 0 Å². The summed E-state index contributed by atoms with van der Waals surface area (Å²) < 4.78 is 28.2. The summed E-state index contributed by atoms with van der Waals surface area (Å²) in [6.07, 6.45) is -1.25. The highest BCUT2D eigenvalue weighted by atomic mass is 19.3. The molecule has 1 aliphatic rings. The normalized spacial score (nSPS) is 20.0. The lowest BCUT2D eigenvalue weighted by atomic mass is 10.3. The minimum absolute atomic E-state index is 0.192. The molecule has 0 spiro atoms. The number of aromatic nitrogens is 2. The summed E-state index contributed by atoms with van der Waals surface area (Å²) >= 11 is 0. The Bertz CT molecular complexity index is 295. The van der Waals surface area contributed by atoms with E-state index in [1.165, 1.54) is 0 Å². The van der Waals surface area contributed by atoms with Crippen molar-refractivity contribution >= 4 is 0 Å². The molecule has 12 heavy (non-hydrogen) atoms. The van der Waals surface area contributed by atoms with Crippen molar-refractivity contribution in [2.45, 2.75) is 24.8 Å². The number of alkyl halides is 2. The Morgan fingerprint density at radius 1 is 1.50 bits per heavy atom. The maximum atomic E-state index is 12.0. The Kier molecular flexibility index (Phi) is 1.41. The fourth-order valence-electron chi connectivity index (χ4n) is 0.884. The number of rotatable bonds is 2. The number of nitrogens with zero attached hydrogens (tertiary/aromatic N) is 2. The monoisotopic (exact) mass is 175 g/mol. The van der Waals surface area contributed by atoms with Crippen LogP contribution in [0, 0.1) is 0 Å². The van der Waals surface area contributed by atoms with E-state index in [0.29, 0.717) is 0 Å². The van der Waals surface area contributed by atoms with Crippen LogP contribution in [-0.4, -0.2) is 10.1 Å². The van der Waals surface area contributed by atoms with Gasteiger partial charge in [0.1, 0.15) is 0 Å². The Hall–Kier alpha value is -1.04. The van der Waals surface area contributed by atoms with Crippen molar-refractivity contribution in [3.8, 4) is 0 Å². The zero-order valence-electron chi connectivity index (χ0n) is 6.13. The van der Waals surface area contributed by atoms with E-state index in [9.17, 15) is 8.78 Å². The van der Waals surface area contributed by atoms with Gasteiger partial charge in [0.25, 0.3) is 5.89 Å². The molecule has 6 heteroatoms. The van der Waals surface area contributed by atoms with Crippen LogP contribution in [0.4, 0.5) is 8.78 Å². The van der Waals surface area contributed by atoms with Crippen molar-refractivity contribution in [1.29, 1.82) is 0 Å². The lowest BCUT2D eigenvalue weighted by Gasteiger charge is -1.97. The van der Waals surface area contributed by atoms with Crippen LogP contribution in [0.3, 0.4) is 0 Å². The van der Waals surface area contributed by atoms with Gasteiger partial charge in [-0.1, -0.05) is 5.16 Å². The molecule has 1 aromatic heterocycles. The minimum Gasteiger partial charge on any atom is -0.333 e. The van der Waals surface area contributed by atoms with Crippen LogP contribution in [0.2, 0.25) is 0 Å². The van der Waals surface area contributed by atoms with Crippen molar-refractivity contribution in [3.05, 3.63) is 11.7 Å². The van der Waals surface area contributed by atoms with Gasteiger partial charge in [-0.2, -0.15) is 13.8 Å². The van der Waals surface area contributed by atoms with Crippen LogP contribution in [0.5, 0.6) is 0 Å². The summed E-state index contributed by atoms with van der Waals surface area (Å²) in [5.41, 5.74) is 5.05. The molecule has 0 saturated heterocycles. The molecule has 1 aliphatic carbocycles. The lowest BCUT2D eigenvalue weighted by molar-refractivity contribution is 0.106. The number of hydrogen-bond donors (Lipinski definition) is 1. The van der Waals surface area contributed by atoms with E-state index < -0.39 is 17.9 Å². The topological polar surface area (TPSA) is 64.9 Å². The van der Waals surface area contributed by atoms with E-state index in [4.69, 9.17) is 5.73 Å². The third-order valence-corrected chi connectivity index (χ3v) is 1.86. The fourth-order valence-corrected chi connectivity index (χ4v) is 0.884. The van der Waals surface area contributed by atoms with Gasteiger partial charge >= 0.3 is 6.43 Å². The van der Waals surface area contributed by atoms with Gasteiger partial charge in [-0.15, -0.1) is 0 Å². The Balaban J connectivity index is 2.25. The number of hydrogen-bond acceptors (Lipinski definition) is 4. The van der Waals surface area contributed by atoms with Crippen LogP contribution in [0.15, 0.2) is 4.52 Å². The molecule has 0 aliphatic heterocycles. The van der Waals surface area contributed by atoms with Crippen LogP contribution in [-0.2, 0) is 5.54 Å². The predicted molar refractivity (Wildman–Crippen MR) is 34.4 cm³/mol. The first-order chi connectivity index (χ1) is 5.62. The van der Waals surface area contributed by atoms with Gasteiger partial charge in [0.15, 0.2) is 5.82 Å². The molecular weight excluding hydrogens is 168 g/mol. The molecule has 66 valence electrons. The largest absolute Gasteiger partial charge is 0.333 e. The van der Waals surface area contributed by atoms with Gasteiger partial charge in [-0.05, 0) is 12.8 Å². The van der Waals surface area contributed by atoms with Gasteiger partial charge in [0.2, 0.25) is 0 Å². The molecule has 1 fully saturated rings. The molecule has 0 unspecified atom stereocenters. The molecular formula is C6H7F2N3O. The summed E-state index contributed by atoms with van der Waals surface area (Å²) in [5, 5.41) is 3.38. The van der Waals surface area contributed by atoms with Gasteiger partial charge in [-0.3, -0.25) is 0 Å². The van der Waals surface area contributed by atoms with Crippen molar-refractivity contribution in [3.63, 3.8) is 0 Å². The molecule has 2 N–H and O–H groups in total. The summed E-state index contributed by atoms with van der Waals surface area (Å²) in [7, 11) is 0. The van der Waals surface area contributed by atoms with Gasteiger partial charge in [0.05, 0.1) is 5.54 Å². The number of halogens is 2. The summed E-state index contributed by atoms with van der Waals surface area (Å²) in [6, 6.07) is 0. The van der Waals surface area contributed by atoms with E-state index >= 15 is 0 Å².